The molecule has 4 aliphatic heterocycles. The molecule has 3 aromatic rings. The monoisotopic (exact) mass is 327 g/mol. The Morgan fingerprint density at radius 1 is 0.720 bits per heavy atom. The van der Waals surface area contributed by atoms with Crippen molar-refractivity contribution in [1.82, 2.24) is 24.9 Å². The highest BCUT2D eigenvalue weighted by Crippen LogP contribution is 2.61. The molecule has 7 nitrogen and oxygen atoms in total. The standard InChI is InChI=1S/C18H13N7/c1-3-22-17-9(20-1)5-11-15-12-6-10-18(23-4-2-21-10)25(12)14-8-19-7-13(16(14)15)24(11)17/h1-4,7-8,11-12,15H,5-6H2. The van der Waals surface area contributed by atoms with E-state index < -0.39 is 0 Å². The van der Waals surface area contributed by atoms with Crippen LogP contribution in [0, 0.1) is 0 Å². The molecule has 0 aliphatic carbocycles. The summed E-state index contributed by atoms with van der Waals surface area (Å²) in [4.78, 5) is 27.6. The summed E-state index contributed by atoms with van der Waals surface area (Å²) in [5.41, 5.74) is 5.96. The molecule has 7 heteroatoms. The minimum Gasteiger partial charge on any atom is -0.319 e. The van der Waals surface area contributed by atoms with Crippen molar-refractivity contribution in [3.63, 3.8) is 0 Å². The maximum Gasteiger partial charge on any atom is 0.155 e. The van der Waals surface area contributed by atoms with Crippen molar-refractivity contribution in [2.24, 2.45) is 0 Å². The zero-order valence-electron chi connectivity index (χ0n) is 13.2. The Kier molecular flexibility index (Phi) is 1.93. The highest BCUT2D eigenvalue weighted by molar-refractivity contribution is 5.87. The van der Waals surface area contributed by atoms with Gasteiger partial charge in [-0.15, -0.1) is 0 Å². The van der Waals surface area contributed by atoms with Gasteiger partial charge in [-0.25, -0.2) is 9.97 Å². The van der Waals surface area contributed by atoms with Crippen molar-refractivity contribution >= 4 is 23.0 Å². The third-order valence-corrected chi connectivity index (χ3v) is 6.06. The van der Waals surface area contributed by atoms with Gasteiger partial charge in [0.1, 0.15) is 0 Å². The Bertz CT molecular complexity index is 985. The lowest BCUT2D eigenvalue weighted by Crippen LogP contribution is -2.37. The summed E-state index contributed by atoms with van der Waals surface area (Å²) in [5, 5.41) is 0. The minimum absolute atomic E-state index is 0.361. The van der Waals surface area contributed by atoms with Crippen LogP contribution in [-0.2, 0) is 12.8 Å². The molecule has 0 aromatic carbocycles. The van der Waals surface area contributed by atoms with Gasteiger partial charge < -0.3 is 9.80 Å². The van der Waals surface area contributed by atoms with Gasteiger partial charge in [0.05, 0.1) is 47.2 Å². The van der Waals surface area contributed by atoms with Gasteiger partial charge in [0.15, 0.2) is 11.6 Å². The summed E-state index contributed by atoms with van der Waals surface area (Å²) in [5.74, 6) is 2.41. The first-order valence-corrected chi connectivity index (χ1v) is 8.58. The van der Waals surface area contributed by atoms with Crippen LogP contribution in [-0.4, -0.2) is 37.0 Å². The van der Waals surface area contributed by atoms with Crippen LogP contribution in [0.1, 0.15) is 22.9 Å². The van der Waals surface area contributed by atoms with E-state index in [1.165, 1.54) is 16.9 Å². The van der Waals surface area contributed by atoms with Crippen LogP contribution in [0.25, 0.3) is 0 Å². The van der Waals surface area contributed by atoms with E-state index in [9.17, 15) is 0 Å². The van der Waals surface area contributed by atoms with Crippen molar-refractivity contribution in [1.29, 1.82) is 0 Å². The van der Waals surface area contributed by atoms with Crippen LogP contribution in [0.2, 0.25) is 0 Å². The number of nitrogens with zero attached hydrogens (tertiary/aromatic N) is 7. The summed E-state index contributed by atoms with van der Waals surface area (Å²) >= 11 is 0. The summed E-state index contributed by atoms with van der Waals surface area (Å²) < 4.78 is 0. The molecule has 7 heterocycles. The van der Waals surface area contributed by atoms with Crippen molar-refractivity contribution < 1.29 is 0 Å². The largest absolute Gasteiger partial charge is 0.319 e. The molecule has 0 bridgehead atoms. The summed E-state index contributed by atoms with van der Waals surface area (Å²) in [6.07, 6.45) is 13.0. The van der Waals surface area contributed by atoms with Crippen molar-refractivity contribution in [3.05, 3.63) is 54.1 Å². The van der Waals surface area contributed by atoms with Gasteiger partial charge in [0.2, 0.25) is 0 Å². The van der Waals surface area contributed by atoms with Crippen molar-refractivity contribution in [2.45, 2.75) is 30.8 Å². The second kappa shape index (κ2) is 3.93. The smallest absolute Gasteiger partial charge is 0.155 e. The Morgan fingerprint density at radius 3 is 1.80 bits per heavy atom. The number of hydrogen-bond donors (Lipinski definition) is 0. The van der Waals surface area contributed by atoms with Gasteiger partial charge in [0, 0.05) is 49.1 Å². The maximum absolute atomic E-state index is 4.61. The highest BCUT2D eigenvalue weighted by Gasteiger charge is 2.57. The third kappa shape index (κ3) is 1.26. The Hall–Kier alpha value is -3.09. The summed E-state index contributed by atoms with van der Waals surface area (Å²) in [6, 6.07) is 0.722. The molecule has 7 rings (SSSR count). The number of fused-ring (bicyclic) bond motifs is 10. The lowest BCUT2D eigenvalue weighted by molar-refractivity contribution is 0.500. The predicted molar refractivity (Wildman–Crippen MR) is 90.3 cm³/mol. The summed E-state index contributed by atoms with van der Waals surface area (Å²) in [6.45, 7) is 0. The van der Waals surface area contributed by atoms with E-state index in [0.717, 1.165) is 35.9 Å². The summed E-state index contributed by atoms with van der Waals surface area (Å²) in [7, 11) is 0. The highest BCUT2D eigenvalue weighted by atomic mass is 15.3. The average molecular weight is 327 g/mol. The normalized spacial score (nSPS) is 26.3. The molecular weight excluding hydrogens is 314 g/mol. The number of aromatic nitrogens is 5. The van der Waals surface area contributed by atoms with E-state index in [1.54, 1.807) is 24.8 Å². The van der Waals surface area contributed by atoms with E-state index in [-0.39, 0.29) is 0 Å². The number of hydrogen-bond acceptors (Lipinski definition) is 7. The van der Waals surface area contributed by atoms with Gasteiger partial charge in [-0.2, -0.15) is 0 Å². The lowest BCUT2D eigenvalue weighted by atomic mass is 9.88. The molecule has 2 unspecified atom stereocenters. The molecule has 2 atom stereocenters. The van der Waals surface area contributed by atoms with E-state index >= 15 is 0 Å². The minimum atomic E-state index is 0.361. The van der Waals surface area contributed by atoms with Crippen molar-refractivity contribution in [3.8, 4) is 0 Å². The second-order valence-electron chi connectivity index (χ2n) is 7.05. The Balaban J connectivity index is 1.48. The molecule has 25 heavy (non-hydrogen) atoms. The molecule has 0 saturated carbocycles. The van der Waals surface area contributed by atoms with Gasteiger partial charge >= 0.3 is 0 Å². The van der Waals surface area contributed by atoms with E-state index in [2.05, 4.69) is 34.7 Å². The van der Waals surface area contributed by atoms with Crippen LogP contribution in [0.4, 0.5) is 23.0 Å². The van der Waals surface area contributed by atoms with Gasteiger partial charge in [-0.1, -0.05) is 0 Å². The van der Waals surface area contributed by atoms with Crippen molar-refractivity contribution in [2.75, 3.05) is 9.80 Å². The number of anilines is 4. The zero-order chi connectivity index (χ0) is 16.1. The molecule has 120 valence electrons. The van der Waals surface area contributed by atoms with Crippen LogP contribution < -0.4 is 9.80 Å². The quantitative estimate of drug-likeness (QED) is 0.624. The maximum atomic E-state index is 4.61. The molecule has 0 N–H and O–H groups in total. The number of pyridine rings is 1. The average Bonchev–Trinajstić information content (AvgIpc) is 3.35. The predicted octanol–water partition coefficient (Wildman–Crippen LogP) is 1.90. The fraction of sp³-hybridized carbons (Fsp3) is 0.278. The molecule has 0 radical (unpaired) electrons. The first-order valence-electron chi connectivity index (χ1n) is 8.58. The Labute approximate surface area is 143 Å². The second-order valence-corrected chi connectivity index (χ2v) is 7.05. The van der Waals surface area contributed by atoms with E-state index in [4.69, 9.17) is 0 Å². The Morgan fingerprint density at radius 2 is 1.24 bits per heavy atom. The van der Waals surface area contributed by atoms with Crippen LogP contribution in [0.3, 0.4) is 0 Å². The van der Waals surface area contributed by atoms with E-state index in [1.807, 2.05) is 12.4 Å². The van der Waals surface area contributed by atoms with Crippen LogP contribution in [0.5, 0.6) is 0 Å². The van der Waals surface area contributed by atoms with E-state index in [0.29, 0.717) is 18.0 Å². The molecule has 0 amide bonds. The van der Waals surface area contributed by atoms with Gasteiger partial charge in [-0.3, -0.25) is 15.0 Å². The SMILES string of the molecule is c1cnc2c(n1)CC1C3c4c(cncc4N4c5nccnc5CC34)N21. The van der Waals surface area contributed by atoms with Crippen LogP contribution in [0.15, 0.2) is 37.2 Å². The lowest BCUT2D eigenvalue weighted by Gasteiger charge is -2.28. The first kappa shape index (κ1) is 12.3. The molecule has 0 saturated heterocycles. The van der Waals surface area contributed by atoms with Gasteiger partial charge in [-0.05, 0) is 0 Å². The fourth-order valence-electron chi connectivity index (χ4n) is 5.28. The molecule has 0 fully saturated rings. The molecular formula is C18H13N7. The third-order valence-electron chi connectivity index (χ3n) is 6.06. The zero-order valence-corrected chi connectivity index (χ0v) is 13.2. The van der Waals surface area contributed by atoms with Crippen LogP contribution >= 0.6 is 0 Å². The molecule has 4 aliphatic rings. The topological polar surface area (TPSA) is 70.9 Å². The molecule has 3 aromatic heterocycles. The number of rotatable bonds is 0. The van der Waals surface area contributed by atoms with Gasteiger partial charge in [0.25, 0.3) is 0 Å². The molecule has 0 spiro atoms. The fourth-order valence-corrected chi connectivity index (χ4v) is 5.28. The first-order chi connectivity index (χ1) is 12.4.